The van der Waals surface area contributed by atoms with Gasteiger partial charge in [0.1, 0.15) is 6.54 Å². The summed E-state index contributed by atoms with van der Waals surface area (Å²) in [5.41, 5.74) is 0. The highest BCUT2D eigenvalue weighted by Gasteiger charge is 2.30. The van der Waals surface area contributed by atoms with E-state index in [1.807, 2.05) is 5.32 Å². The summed E-state index contributed by atoms with van der Waals surface area (Å²) in [6.45, 7) is 0.905. The summed E-state index contributed by atoms with van der Waals surface area (Å²) in [4.78, 5) is 11.4. The SMILES string of the molecule is CC(NCC1CCCC1CO)C(=O)NCC(F)(F)F. The number of carbonyl (C=O) groups is 1. The average molecular weight is 282 g/mol. The Labute approximate surface area is 110 Å². The van der Waals surface area contributed by atoms with Gasteiger partial charge in [-0.2, -0.15) is 13.2 Å². The molecule has 0 aromatic carbocycles. The molecule has 1 saturated carbocycles. The van der Waals surface area contributed by atoms with Crippen LogP contribution < -0.4 is 10.6 Å². The Morgan fingerprint density at radius 2 is 2.00 bits per heavy atom. The quantitative estimate of drug-likeness (QED) is 0.682. The zero-order chi connectivity index (χ0) is 14.5. The van der Waals surface area contributed by atoms with Gasteiger partial charge >= 0.3 is 6.18 Å². The van der Waals surface area contributed by atoms with Crippen LogP contribution in [0.2, 0.25) is 0 Å². The number of carbonyl (C=O) groups excluding carboxylic acids is 1. The molecule has 1 rings (SSSR count). The number of aliphatic hydroxyl groups is 1. The number of hydrogen-bond donors (Lipinski definition) is 3. The largest absolute Gasteiger partial charge is 0.405 e. The number of nitrogens with one attached hydrogen (secondary N) is 2. The molecule has 3 unspecified atom stereocenters. The summed E-state index contributed by atoms with van der Waals surface area (Å²) >= 11 is 0. The second kappa shape index (κ2) is 7.09. The van der Waals surface area contributed by atoms with E-state index in [4.69, 9.17) is 5.11 Å². The van der Waals surface area contributed by atoms with E-state index in [0.29, 0.717) is 12.5 Å². The van der Waals surface area contributed by atoms with Crippen molar-refractivity contribution in [1.82, 2.24) is 10.6 Å². The van der Waals surface area contributed by atoms with Crippen molar-refractivity contribution in [3.05, 3.63) is 0 Å². The van der Waals surface area contributed by atoms with E-state index in [9.17, 15) is 18.0 Å². The number of hydrogen-bond acceptors (Lipinski definition) is 3. The molecular weight excluding hydrogens is 261 g/mol. The lowest BCUT2D eigenvalue weighted by Gasteiger charge is -2.21. The van der Waals surface area contributed by atoms with Gasteiger partial charge in [-0.1, -0.05) is 6.42 Å². The van der Waals surface area contributed by atoms with E-state index in [1.54, 1.807) is 0 Å². The van der Waals surface area contributed by atoms with E-state index in [-0.39, 0.29) is 12.5 Å². The highest BCUT2D eigenvalue weighted by Crippen LogP contribution is 2.30. The zero-order valence-corrected chi connectivity index (χ0v) is 11.0. The van der Waals surface area contributed by atoms with Crippen LogP contribution in [0.5, 0.6) is 0 Å². The minimum absolute atomic E-state index is 0.126. The maximum Gasteiger partial charge on any atom is 0.405 e. The summed E-state index contributed by atoms with van der Waals surface area (Å²) in [6.07, 6.45) is -1.39. The summed E-state index contributed by atoms with van der Waals surface area (Å²) < 4.78 is 35.8. The molecule has 0 saturated heterocycles. The van der Waals surface area contributed by atoms with Gasteiger partial charge in [-0.3, -0.25) is 4.79 Å². The van der Waals surface area contributed by atoms with Crippen LogP contribution in [0.25, 0.3) is 0 Å². The lowest BCUT2D eigenvalue weighted by Crippen LogP contribution is -2.46. The Bertz CT molecular complexity index is 297. The van der Waals surface area contributed by atoms with Crippen molar-refractivity contribution in [1.29, 1.82) is 0 Å². The molecule has 0 aromatic rings. The Kier molecular flexibility index (Phi) is 6.06. The number of rotatable bonds is 6. The number of aliphatic hydroxyl groups excluding tert-OH is 1. The van der Waals surface area contributed by atoms with Crippen molar-refractivity contribution >= 4 is 5.91 Å². The molecule has 0 spiro atoms. The van der Waals surface area contributed by atoms with Crippen LogP contribution in [0.15, 0.2) is 0 Å². The van der Waals surface area contributed by atoms with Gasteiger partial charge < -0.3 is 15.7 Å². The monoisotopic (exact) mass is 282 g/mol. The Hall–Kier alpha value is -0.820. The first-order valence-electron chi connectivity index (χ1n) is 6.52. The first kappa shape index (κ1) is 16.2. The predicted molar refractivity (Wildman–Crippen MR) is 64.4 cm³/mol. The second-order valence-corrected chi connectivity index (χ2v) is 5.10. The van der Waals surface area contributed by atoms with Gasteiger partial charge in [0.05, 0.1) is 6.04 Å². The number of amides is 1. The smallest absolute Gasteiger partial charge is 0.396 e. The van der Waals surface area contributed by atoms with E-state index in [1.165, 1.54) is 6.92 Å². The highest BCUT2D eigenvalue weighted by atomic mass is 19.4. The minimum Gasteiger partial charge on any atom is -0.396 e. The fourth-order valence-corrected chi connectivity index (χ4v) is 2.38. The molecule has 1 fully saturated rings. The summed E-state index contributed by atoms with van der Waals surface area (Å²) in [5.74, 6) is -0.128. The molecule has 7 heteroatoms. The standard InChI is InChI=1S/C12H21F3N2O2/c1-8(11(19)17-7-12(13,14)15)16-5-9-3-2-4-10(9)6-18/h8-10,16,18H,2-7H2,1H3,(H,17,19). The fourth-order valence-electron chi connectivity index (χ4n) is 2.38. The molecule has 0 bridgehead atoms. The van der Waals surface area contributed by atoms with Gasteiger partial charge in [0, 0.05) is 6.61 Å². The van der Waals surface area contributed by atoms with Crippen molar-refractivity contribution in [3.8, 4) is 0 Å². The molecule has 3 N–H and O–H groups in total. The maximum absolute atomic E-state index is 11.9. The lowest BCUT2D eigenvalue weighted by molar-refractivity contribution is -0.139. The minimum atomic E-state index is -4.39. The highest BCUT2D eigenvalue weighted by molar-refractivity contribution is 5.81. The van der Waals surface area contributed by atoms with E-state index in [0.717, 1.165) is 19.3 Å². The molecule has 4 nitrogen and oxygen atoms in total. The van der Waals surface area contributed by atoms with Crippen LogP contribution in [0.1, 0.15) is 26.2 Å². The molecule has 112 valence electrons. The van der Waals surface area contributed by atoms with Crippen molar-refractivity contribution in [3.63, 3.8) is 0 Å². The van der Waals surface area contributed by atoms with E-state index in [2.05, 4.69) is 5.32 Å². The van der Waals surface area contributed by atoms with E-state index < -0.39 is 24.7 Å². The van der Waals surface area contributed by atoms with Crippen LogP contribution in [0.3, 0.4) is 0 Å². The molecular formula is C12H21F3N2O2. The van der Waals surface area contributed by atoms with Gasteiger partial charge in [-0.25, -0.2) is 0 Å². The molecule has 0 heterocycles. The number of alkyl halides is 3. The first-order chi connectivity index (χ1) is 8.83. The van der Waals surface area contributed by atoms with Crippen LogP contribution >= 0.6 is 0 Å². The molecule has 1 aliphatic rings. The summed E-state index contributed by atoms with van der Waals surface area (Å²) in [7, 11) is 0. The molecule has 19 heavy (non-hydrogen) atoms. The lowest BCUT2D eigenvalue weighted by atomic mass is 9.97. The van der Waals surface area contributed by atoms with Crippen molar-refractivity contribution in [2.24, 2.45) is 11.8 Å². The normalized spacial score (nSPS) is 25.3. The summed E-state index contributed by atoms with van der Waals surface area (Å²) in [5, 5.41) is 13.9. The first-order valence-corrected chi connectivity index (χ1v) is 6.52. The van der Waals surface area contributed by atoms with Crippen molar-refractivity contribution in [2.75, 3.05) is 19.7 Å². The third kappa shape index (κ3) is 5.78. The van der Waals surface area contributed by atoms with Crippen LogP contribution in [-0.2, 0) is 4.79 Å². The van der Waals surface area contributed by atoms with Crippen LogP contribution in [0.4, 0.5) is 13.2 Å². The molecule has 0 aromatic heterocycles. The van der Waals surface area contributed by atoms with Gasteiger partial charge in [0.15, 0.2) is 0 Å². The maximum atomic E-state index is 11.9. The van der Waals surface area contributed by atoms with E-state index >= 15 is 0 Å². The topological polar surface area (TPSA) is 61.4 Å². The Balaban J connectivity index is 2.26. The average Bonchev–Trinajstić information content (AvgIpc) is 2.79. The zero-order valence-electron chi connectivity index (χ0n) is 11.0. The number of halogens is 3. The molecule has 0 radical (unpaired) electrons. The van der Waals surface area contributed by atoms with Gasteiger partial charge in [0.2, 0.25) is 5.91 Å². The molecule has 3 atom stereocenters. The Morgan fingerprint density at radius 1 is 1.37 bits per heavy atom. The second-order valence-electron chi connectivity index (χ2n) is 5.10. The molecule has 1 aliphatic carbocycles. The van der Waals surface area contributed by atoms with Gasteiger partial charge in [0.25, 0.3) is 0 Å². The fraction of sp³-hybridized carbons (Fsp3) is 0.917. The summed E-state index contributed by atoms with van der Waals surface area (Å²) in [6, 6.07) is -0.665. The van der Waals surface area contributed by atoms with Crippen LogP contribution in [-0.4, -0.2) is 42.9 Å². The Morgan fingerprint density at radius 3 is 2.58 bits per heavy atom. The third-order valence-corrected chi connectivity index (χ3v) is 3.59. The van der Waals surface area contributed by atoms with Crippen molar-refractivity contribution < 1.29 is 23.1 Å². The van der Waals surface area contributed by atoms with Gasteiger partial charge in [-0.05, 0) is 38.1 Å². The van der Waals surface area contributed by atoms with Crippen molar-refractivity contribution in [2.45, 2.75) is 38.4 Å². The predicted octanol–water partition coefficient (Wildman–Crippen LogP) is 1.05. The molecule has 1 amide bonds. The van der Waals surface area contributed by atoms with Crippen LogP contribution in [0, 0.1) is 11.8 Å². The molecule has 0 aliphatic heterocycles. The third-order valence-electron chi connectivity index (χ3n) is 3.59. The van der Waals surface area contributed by atoms with Gasteiger partial charge in [-0.15, -0.1) is 0 Å².